The van der Waals surface area contributed by atoms with E-state index in [1.54, 1.807) is 6.92 Å². The molecular weight excluding hydrogens is 1640 g/mol. The highest BCUT2D eigenvalue weighted by molar-refractivity contribution is 5.80. The minimum absolute atomic E-state index is 0.0254. The molecule has 22 N–H and O–H groups in total. The highest BCUT2D eigenvalue weighted by Gasteiger charge is 2.74. The Morgan fingerprint density at radius 3 is 1.44 bits per heavy atom. The highest BCUT2D eigenvalue weighted by atomic mass is 16.8. The van der Waals surface area contributed by atoms with Gasteiger partial charge in [0.1, 0.15) is 164 Å². The first kappa shape index (κ1) is 95.9. The lowest BCUT2D eigenvalue weighted by atomic mass is 9.33. The lowest BCUT2D eigenvalue weighted by Crippen LogP contribution is -2.70. The average molecular weight is 1760 g/mol. The fourth-order valence-corrected chi connectivity index (χ4v) is 22.3. The van der Waals surface area contributed by atoms with Crippen LogP contribution in [0.1, 0.15) is 127 Å². The minimum Gasteiger partial charge on any atom is -0.479 e. The van der Waals surface area contributed by atoms with Gasteiger partial charge in [0.2, 0.25) is 6.29 Å². The number of esters is 2. The molecule has 0 unspecified atom stereocenters. The van der Waals surface area contributed by atoms with Gasteiger partial charge in [-0.15, -0.1) is 0 Å². The number of carboxylic acid groups (broad SMARTS) is 1. The molecule has 12 fully saturated rings. The molecular formula is C79H124O43. The van der Waals surface area contributed by atoms with Crippen LogP contribution in [0.25, 0.3) is 0 Å². The molecule has 0 bridgehead atoms. The number of hydrogen-bond donors (Lipinski definition) is 22. The summed E-state index contributed by atoms with van der Waals surface area (Å²) in [4.78, 5) is 57.5. The number of aldehydes is 1. The summed E-state index contributed by atoms with van der Waals surface area (Å²) >= 11 is 0. The first-order chi connectivity index (χ1) is 57.2. The van der Waals surface area contributed by atoms with E-state index in [1.165, 1.54) is 20.8 Å². The zero-order valence-electron chi connectivity index (χ0n) is 69.2. The van der Waals surface area contributed by atoms with Crippen molar-refractivity contribution in [3.8, 4) is 0 Å². The summed E-state index contributed by atoms with van der Waals surface area (Å²) in [6, 6.07) is 0. The van der Waals surface area contributed by atoms with E-state index < -0.39 is 340 Å². The predicted molar refractivity (Wildman–Crippen MR) is 395 cm³/mol. The van der Waals surface area contributed by atoms with E-state index in [1.807, 2.05) is 20.8 Å². The van der Waals surface area contributed by atoms with Gasteiger partial charge in [0, 0.05) is 6.92 Å². The summed E-state index contributed by atoms with van der Waals surface area (Å²) in [5.41, 5.74) is -5.73. The van der Waals surface area contributed by atoms with Gasteiger partial charge in [0.25, 0.3) is 0 Å². The molecule has 0 spiro atoms. The maximum Gasteiger partial charge on any atom is 0.335 e. The molecule has 8 heterocycles. The second-order valence-electron chi connectivity index (χ2n) is 37.4. The maximum absolute atomic E-state index is 16.6. The molecule has 698 valence electrons. The second-order valence-corrected chi connectivity index (χ2v) is 37.4. The average Bonchev–Trinajstić information content (AvgIpc) is 0.669. The van der Waals surface area contributed by atoms with Crippen molar-refractivity contribution in [2.24, 2.45) is 50.2 Å². The molecule has 8 saturated heterocycles. The zero-order valence-corrected chi connectivity index (χ0v) is 69.2. The first-order valence-electron chi connectivity index (χ1n) is 41.9. The van der Waals surface area contributed by atoms with Crippen molar-refractivity contribution >= 4 is 24.2 Å². The summed E-state index contributed by atoms with van der Waals surface area (Å²) < 4.78 is 105. The Hall–Kier alpha value is -3.62. The van der Waals surface area contributed by atoms with Gasteiger partial charge in [-0.1, -0.05) is 53.2 Å². The number of allylic oxidation sites excluding steroid dienone is 2. The molecule has 0 aromatic rings. The lowest BCUT2D eigenvalue weighted by Gasteiger charge is -2.71. The smallest absolute Gasteiger partial charge is 0.335 e. The number of rotatable bonds is 22. The van der Waals surface area contributed by atoms with Gasteiger partial charge in [-0.25, -0.2) is 4.79 Å². The Kier molecular flexibility index (Phi) is 28.8. The van der Waals surface area contributed by atoms with Crippen LogP contribution < -0.4 is 0 Å². The van der Waals surface area contributed by atoms with Crippen LogP contribution in [-0.4, -0.2) is 415 Å². The molecule has 0 radical (unpaired) electrons. The van der Waals surface area contributed by atoms with Crippen LogP contribution in [0, 0.1) is 50.2 Å². The van der Waals surface area contributed by atoms with Crippen molar-refractivity contribution < 1.29 is 212 Å². The summed E-state index contributed by atoms with van der Waals surface area (Å²) in [6.07, 6.45) is -73.5. The van der Waals surface area contributed by atoms with E-state index in [9.17, 15) is 127 Å². The van der Waals surface area contributed by atoms with E-state index in [2.05, 4.69) is 19.9 Å². The normalized spacial score (nSPS) is 54.0. The van der Waals surface area contributed by atoms with Gasteiger partial charge in [0.05, 0.1) is 62.4 Å². The molecule has 43 nitrogen and oxygen atoms in total. The van der Waals surface area contributed by atoms with E-state index in [4.69, 9.17) is 80.5 Å². The van der Waals surface area contributed by atoms with E-state index in [-0.39, 0.29) is 38.0 Å². The number of carbonyl (C=O) groups is 4. The minimum atomic E-state index is -2.31. The Bertz CT molecular complexity index is 3640. The number of hydrogen-bond acceptors (Lipinski definition) is 42. The summed E-state index contributed by atoms with van der Waals surface area (Å²) in [5, 5.41) is 245. The molecule has 13 aliphatic rings. The van der Waals surface area contributed by atoms with E-state index in [0.29, 0.717) is 25.7 Å². The van der Waals surface area contributed by atoms with Crippen LogP contribution >= 0.6 is 0 Å². The largest absolute Gasteiger partial charge is 0.479 e. The van der Waals surface area contributed by atoms with Gasteiger partial charge in [-0.05, 0) is 118 Å². The summed E-state index contributed by atoms with van der Waals surface area (Å²) in [6.45, 7) is 13.5. The van der Waals surface area contributed by atoms with Crippen molar-refractivity contribution in [2.75, 3.05) is 26.4 Å². The molecule has 13 rings (SSSR count). The van der Waals surface area contributed by atoms with Crippen LogP contribution in [0.3, 0.4) is 0 Å². The predicted octanol–water partition coefficient (Wildman–Crippen LogP) is -8.20. The quantitative estimate of drug-likeness (QED) is 0.0207. The third kappa shape index (κ3) is 16.8. The Balaban J connectivity index is 0.828. The van der Waals surface area contributed by atoms with Gasteiger partial charge < -0.3 is 198 Å². The van der Waals surface area contributed by atoms with Crippen molar-refractivity contribution in [3.63, 3.8) is 0 Å². The Morgan fingerprint density at radius 2 is 0.910 bits per heavy atom. The van der Waals surface area contributed by atoms with Crippen molar-refractivity contribution in [3.05, 3.63) is 11.6 Å². The molecule has 122 heavy (non-hydrogen) atoms. The first-order valence-corrected chi connectivity index (χ1v) is 41.9. The fraction of sp³-hybridized carbons (Fsp3) is 0.924. The maximum atomic E-state index is 16.6. The number of carboxylic acids is 1. The van der Waals surface area contributed by atoms with Gasteiger partial charge in [-0.2, -0.15) is 0 Å². The van der Waals surface area contributed by atoms with Crippen LogP contribution in [0.5, 0.6) is 0 Å². The number of fused-ring (bicyclic) bond motifs is 7. The number of aliphatic hydroxyl groups is 21. The topological polar surface area (TPSA) is 670 Å². The fourth-order valence-electron chi connectivity index (χ4n) is 22.3. The summed E-state index contributed by atoms with van der Waals surface area (Å²) in [7, 11) is 0. The third-order valence-electron chi connectivity index (χ3n) is 29.6. The number of aliphatic carboxylic acids is 1. The molecule has 0 aromatic heterocycles. The molecule has 49 atom stereocenters. The third-order valence-corrected chi connectivity index (χ3v) is 29.6. The van der Waals surface area contributed by atoms with E-state index >= 15 is 4.79 Å². The Morgan fingerprint density at radius 1 is 0.443 bits per heavy atom. The molecule has 5 aliphatic carbocycles. The highest BCUT2D eigenvalue weighted by Crippen LogP contribution is 2.76. The summed E-state index contributed by atoms with van der Waals surface area (Å²) in [5.74, 6) is -5.59. The Labute approximate surface area is 700 Å². The molecule has 4 saturated carbocycles. The molecule has 0 amide bonds. The number of carbonyl (C=O) groups excluding carboxylic acids is 3. The number of aliphatic hydroxyl groups excluding tert-OH is 21. The van der Waals surface area contributed by atoms with Gasteiger partial charge >= 0.3 is 17.9 Å². The second kappa shape index (κ2) is 36.6. The van der Waals surface area contributed by atoms with Gasteiger partial charge in [0.15, 0.2) is 62.3 Å². The SMILES string of the molecule is CC(=O)O[C@@H]1[C@H](O[C@@H]2O[C@H](CO)[C@@H](O)[C@H](O)[C@H]2O)[C@@H](O[C@@H]2O[C@@H](C)[C@H](O[C@@H]3OC[C@@H](O)[C@H](O)[C@H]3O)[C@@H](O[C@@H]3O[C@H](CO)[C@@H](O)[C@H](O)[C@H]3O)[C@H]2O)[C@H](OC(=O)[C@]23CCC(C)(C)C[C@H]2C2=CC[C@@H]4[C@@]5(C)CC[C@H](O[C@@H]6O[C@H](C(=O)O)[C@@H](O)[C@H](O[C@@H]7O[C@@H](C)[C@H](O)[C@@H](O)[C@H]7O)[C@H]6O[C@@H]6O[C@H](CO)[C@H](O)[C@H](O)[C@H]6O)[C@@](C)(C=O)[C@@H]5CC[C@@]4(C)[C@]2(C)C[C@H]3O)O[C@@H]1C. The van der Waals surface area contributed by atoms with Crippen molar-refractivity contribution in [1.82, 2.24) is 0 Å². The monoisotopic (exact) mass is 1760 g/mol. The van der Waals surface area contributed by atoms with Crippen LogP contribution in [0.2, 0.25) is 0 Å². The number of ether oxygens (including phenoxy) is 17. The molecule has 8 aliphatic heterocycles. The molecule has 0 aromatic carbocycles. The van der Waals surface area contributed by atoms with Crippen molar-refractivity contribution in [2.45, 2.75) is 379 Å². The van der Waals surface area contributed by atoms with Crippen LogP contribution in [0.4, 0.5) is 0 Å². The van der Waals surface area contributed by atoms with E-state index in [0.717, 1.165) is 18.8 Å². The zero-order chi connectivity index (χ0) is 89.3. The van der Waals surface area contributed by atoms with Crippen molar-refractivity contribution in [1.29, 1.82) is 0 Å². The van der Waals surface area contributed by atoms with Gasteiger partial charge in [-0.3, -0.25) is 9.59 Å². The standard InChI is InChI=1S/C79H124O43/c1-26-40(87)45(92)50(97)66(107-26)116-58-54(101)60(64(103)104)118-72(62(58)120-69-53(100)48(95)44(91)35(23-82)113-69)114-39-14-15-75(7)36(76(39,8)25-83)13-16-77(9)37(75)12-11-30-31-19-74(5,6)17-18-79(31,38(86)20-78(30,77)10)73(105)122-71-63(61(57(28(3)109-71)110-29(4)84)119-68-52(99)47(94)43(90)34(22-81)112-68)121-70-55(102)59(117-67-51(98)46(93)42(89)33(21-80)111-67)56(27(2)108-70)115-65-49(96)41(88)32(85)24-106-65/h11,25-28,31-63,65-72,80-82,85-102H,12-24H2,1-10H3,(H,103,104)/t26-,27-,28+,31-,32+,33+,34+,35+,36+,37+,38+,39-,40-,41-,42+,43+,44-,45+,46-,47-,48-,49+,50+,51+,52+,53+,54-,55+,56-,57-,58-,59-,60-,61-,62+,63+,65-,66-,67-,68-,69-,70-,71-,72+,75-,76-,77+,78+,79+/m0/s1. The lowest BCUT2D eigenvalue weighted by molar-refractivity contribution is -0.404. The van der Waals surface area contributed by atoms with Crippen LogP contribution in [0.15, 0.2) is 11.6 Å². The molecule has 43 heteroatoms. The van der Waals surface area contributed by atoms with Crippen LogP contribution in [-0.2, 0) is 99.7 Å².